The van der Waals surface area contributed by atoms with Crippen molar-refractivity contribution in [3.05, 3.63) is 11.8 Å². The molecule has 0 aliphatic rings. The van der Waals surface area contributed by atoms with Gasteiger partial charge in [-0.05, 0) is 23.6 Å². The molecule has 0 heterocycles. The van der Waals surface area contributed by atoms with Crippen molar-refractivity contribution in [2.24, 2.45) is 22.6 Å². The summed E-state index contributed by atoms with van der Waals surface area (Å²) in [5.74, 6) is 1.08. The molecule has 0 unspecified atom stereocenters. The maximum atomic E-state index is 5.44. The first-order valence-corrected chi connectivity index (χ1v) is 4.49. The Morgan fingerprint density at radius 1 is 1.33 bits per heavy atom. The molecule has 0 aromatic rings. The Labute approximate surface area is 75.6 Å². The second kappa shape index (κ2) is 5.81. The van der Waals surface area contributed by atoms with Crippen LogP contribution in [0.1, 0.15) is 27.7 Å². The first-order valence-electron chi connectivity index (χ1n) is 4.49. The van der Waals surface area contributed by atoms with Crippen molar-refractivity contribution in [3.8, 4) is 0 Å². The predicted molar refractivity (Wildman–Crippen MR) is 55.3 cm³/mol. The lowest BCUT2D eigenvalue weighted by Gasteiger charge is -2.04. The quantitative estimate of drug-likeness (QED) is 0.642. The van der Waals surface area contributed by atoms with Gasteiger partial charge in [-0.25, -0.2) is 0 Å². The van der Waals surface area contributed by atoms with Crippen LogP contribution in [0.3, 0.4) is 0 Å². The second-order valence-corrected chi connectivity index (χ2v) is 3.71. The molecule has 0 bridgehead atoms. The van der Waals surface area contributed by atoms with Crippen LogP contribution in [0.25, 0.3) is 0 Å². The molecule has 0 spiro atoms. The summed E-state index contributed by atoms with van der Waals surface area (Å²) in [5.41, 5.74) is 6.54. The zero-order valence-corrected chi connectivity index (χ0v) is 8.54. The number of nitrogens with two attached hydrogens (primary N) is 1. The molecule has 0 aromatic heterocycles. The van der Waals surface area contributed by atoms with E-state index in [9.17, 15) is 0 Å². The van der Waals surface area contributed by atoms with Gasteiger partial charge in [-0.15, -0.1) is 0 Å². The molecule has 2 N–H and O–H groups in total. The average molecular weight is 168 g/mol. The molecule has 0 aromatic carbocycles. The van der Waals surface area contributed by atoms with E-state index >= 15 is 0 Å². The van der Waals surface area contributed by atoms with E-state index in [0.717, 1.165) is 12.1 Å². The third-order valence-electron chi connectivity index (χ3n) is 1.57. The van der Waals surface area contributed by atoms with Crippen molar-refractivity contribution >= 4 is 6.21 Å². The summed E-state index contributed by atoms with van der Waals surface area (Å²) in [5, 5.41) is 0. The third kappa shape index (κ3) is 4.94. The molecule has 0 saturated carbocycles. The maximum Gasteiger partial charge on any atom is 0.0412 e. The van der Waals surface area contributed by atoms with Gasteiger partial charge >= 0.3 is 0 Å². The second-order valence-electron chi connectivity index (χ2n) is 3.71. The van der Waals surface area contributed by atoms with Crippen molar-refractivity contribution in [1.82, 2.24) is 0 Å². The van der Waals surface area contributed by atoms with Crippen molar-refractivity contribution in [2.45, 2.75) is 27.7 Å². The molecule has 0 amide bonds. The molecule has 70 valence electrons. The third-order valence-corrected chi connectivity index (χ3v) is 1.57. The van der Waals surface area contributed by atoms with Crippen LogP contribution < -0.4 is 5.73 Å². The highest BCUT2D eigenvalue weighted by atomic mass is 14.7. The summed E-state index contributed by atoms with van der Waals surface area (Å²) in [6.07, 6.45) is 3.51. The first-order chi connectivity index (χ1) is 5.57. The van der Waals surface area contributed by atoms with E-state index in [4.69, 9.17) is 5.73 Å². The molecular weight excluding hydrogens is 148 g/mol. The van der Waals surface area contributed by atoms with Crippen LogP contribution in [0.4, 0.5) is 0 Å². The molecular formula is C10H20N2. The predicted octanol–water partition coefficient (Wildman–Crippen LogP) is 2.21. The average Bonchev–Trinajstić information content (AvgIpc) is 1.96. The highest BCUT2D eigenvalue weighted by Crippen LogP contribution is 2.04. The fourth-order valence-corrected chi connectivity index (χ4v) is 0.753. The van der Waals surface area contributed by atoms with Crippen molar-refractivity contribution in [2.75, 3.05) is 6.54 Å². The molecule has 0 atom stereocenters. The number of rotatable bonds is 4. The van der Waals surface area contributed by atoms with Crippen LogP contribution in [0.15, 0.2) is 16.8 Å². The molecule has 0 rings (SSSR count). The minimum Gasteiger partial charge on any atom is -0.404 e. The lowest BCUT2D eigenvalue weighted by Crippen LogP contribution is -2.01. The van der Waals surface area contributed by atoms with Gasteiger partial charge in [0.2, 0.25) is 0 Å². The van der Waals surface area contributed by atoms with E-state index in [0.29, 0.717) is 11.8 Å². The van der Waals surface area contributed by atoms with Crippen LogP contribution in [-0.2, 0) is 0 Å². The Hall–Kier alpha value is -0.790. The molecule has 2 heteroatoms. The van der Waals surface area contributed by atoms with Crippen molar-refractivity contribution in [3.63, 3.8) is 0 Å². The molecule has 0 saturated heterocycles. The first kappa shape index (κ1) is 11.2. The number of hydrogen-bond donors (Lipinski definition) is 1. The van der Waals surface area contributed by atoms with Gasteiger partial charge in [-0.3, -0.25) is 4.99 Å². The monoisotopic (exact) mass is 168 g/mol. The van der Waals surface area contributed by atoms with Crippen LogP contribution in [0.2, 0.25) is 0 Å². The van der Waals surface area contributed by atoms with Gasteiger partial charge in [0.25, 0.3) is 0 Å². The summed E-state index contributed by atoms with van der Waals surface area (Å²) in [7, 11) is 0. The largest absolute Gasteiger partial charge is 0.404 e. The van der Waals surface area contributed by atoms with Gasteiger partial charge in [0.05, 0.1) is 0 Å². The van der Waals surface area contributed by atoms with E-state index in [-0.39, 0.29) is 0 Å². The molecule has 0 radical (unpaired) electrons. The number of nitrogens with zero attached hydrogens (tertiary/aromatic N) is 1. The zero-order chi connectivity index (χ0) is 9.56. The Bertz CT molecular complexity index is 167. The van der Waals surface area contributed by atoms with E-state index in [1.54, 1.807) is 6.20 Å². The highest BCUT2D eigenvalue weighted by molar-refractivity contribution is 5.78. The summed E-state index contributed by atoms with van der Waals surface area (Å²) in [6, 6.07) is 0. The lowest BCUT2D eigenvalue weighted by molar-refractivity contribution is 0.666. The van der Waals surface area contributed by atoms with Gasteiger partial charge in [-0.2, -0.15) is 0 Å². The lowest BCUT2D eigenvalue weighted by atomic mass is 10.1. The molecule has 0 fully saturated rings. The Morgan fingerprint density at radius 3 is 2.25 bits per heavy atom. The van der Waals surface area contributed by atoms with E-state index in [1.165, 1.54) is 0 Å². The van der Waals surface area contributed by atoms with Crippen molar-refractivity contribution < 1.29 is 0 Å². The molecule has 2 nitrogen and oxygen atoms in total. The minimum atomic E-state index is 0.464. The summed E-state index contributed by atoms with van der Waals surface area (Å²) in [4.78, 5) is 4.29. The SMILES string of the molecule is CC(C)CN=CC(=CN)C(C)C. The molecule has 0 aliphatic heterocycles. The van der Waals surface area contributed by atoms with Crippen LogP contribution in [0, 0.1) is 11.8 Å². The summed E-state index contributed by atoms with van der Waals surface area (Å²) in [6.45, 7) is 9.40. The normalized spacial score (nSPS) is 13.7. The highest BCUT2D eigenvalue weighted by Gasteiger charge is 1.97. The van der Waals surface area contributed by atoms with Gasteiger partial charge in [0.15, 0.2) is 0 Å². The number of allylic oxidation sites excluding steroid dienone is 1. The molecule has 12 heavy (non-hydrogen) atoms. The minimum absolute atomic E-state index is 0.464. The van der Waals surface area contributed by atoms with Gasteiger partial charge in [0, 0.05) is 12.8 Å². The molecule has 0 aliphatic carbocycles. The van der Waals surface area contributed by atoms with E-state index in [1.807, 2.05) is 6.21 Å². The van der Waals surface area contributed by atoms with Crippen molar-refractivity contribution in [1.29, 1.82) is 0 Å². The summed E-state index contributed by atoms with van der Waals surface area (Å²) >= 11 is 0. The van der Waals surface area contributed by atoms with Crippen LogP contribution >= 0.6 is 0 Å². The topological polar surface area (TPSA) is 38.4 Å². The maximum absolute atomic E-state index is 5.44. The Morgan fingerprint density at radius 2 is 1.92 bits per heavy atom. The number of aliphatic imine (C=N–C) groups is 1. The Kier molecular flexibility index (Phi) is 5.43. The van der Waals surface area contributed by atoms with Gasteiger partial charge < -0.3 is 5.73 Å². The summed E-state index contributed by atoms with van der Waals surface area (Å²) < 4.78 is 0. The van der Waals surface area contributed by atoms with E-state index in [2.05, 4.69) is 32.7 Å². The fourth-order valence-electron chi connectivity index (χ4n) is 0.753. The smallest absolute Gasteiger partial charge is 0.0412 e. The van der Waals surface area contributed by atoms with Gasteiger partial charge in [-0.1, -0.05) is 27.7 Å². The van der Waals surface area contributed by atoms with Crippen LogP contribution in [0.5, 0.6) is 0 Å². The number of hydrogen-bond acceptors (Lipinski definition) is 2. The zero-order valence-electron chi connectivity index (χ0n) is 8.54. The fraction of sp³-hybridized carbons (Fsp3) is 0.700. The standard InChI is InChI=1S/C10H20N2/c1-8(2)6-12-7-10(5-11)9(3)4/h5,7-9H,6,11H2,1-4H3. The van der Waals surface area contributed by atoms with E-state index < -0.39 is 0 Å². The Balaban J connectivity index is 3.95. The van der Waals surface area contributed by atoms with Crippen LogP contribution in [-0.4, -0.2) is 12.8 Å². The van der Waals surface area contributed by atoms with Gasteiger partial charge in [0.1, 0.15) is 0 Å².